The maximum absolute atomic E-state index is 12.5. The minimum Gasteiger partial charge on any atom is -0.497 e. The van der Waals surface area contributed by atoms with Crippen molar-refractivity contribution in [3.63, 3.8) is 0 Å². The van der Waals surface area contributed by atoms with Gasteiger partial charge in [-0.25, -0.2) is 0 Å². The van der Waals surface area contributed by atoms with Crippen LogP contribution in [0.2, 0.25) is 0 Å². The molecule has 0 bridgehead atoms. The molecule has 0 spiro atoms. The summed E-state index contributed by atoms with van der Waals surface area (Å²) in [6.07, 6.45) is 2.05. The van der Waals surface area contributed by atoms with E-state index in [1.807, 2.05) is 12.1 Å². The van der Waals surface area contributed by atoms with E-state index in [1.54, 1.807) is 7.11 Å². The smallest absolute Gasteiger partial charge is 0.224 e. The zero-order valence-corrected chi connectivity index (χ0v) is 15.0. The summed E-state index contributed by atoms with van der Waals surface area (Å²) in [5, 5.41) is 6.49. The third-order valence-corrected chi connectivity index (χ3v) is 5.12. The van der Waals surface area contributed by atoms with Gasteiger partial charge in [-0.3, -0.25) is 9.69 Å². The maximum Gasteiger partial charge on any atom is 0.224 e. The maximum atomic E-state index is 12.5. The SMILES string of the molecule is COc1ccc(C(CNC(=O)C2CCCNC2)N2CCOCC2)cc1. The first kappa shape index (κ1) is 18.2. The van der Waals surface area contributed by atoms with E-state index < -0.39 is 0 Å². The van der Waals surface area contributed by atoms with Gasteiger partial charge in [0.05, 0.1) is 32.3 Å². The number of piperidine rings is 1. The van der Waals surface area contributed by atoms with Gasteiger partial charge in [-0.05, 0) is 37.1 Å². The number of ether oxygens (including phenoxy) is 2. The lowest BCUT2D eigenvalue weighted by Crippen LogP contribution is -2.46. The van der Waals surface area contributed by atoms with Crippen molar-refractivity contribution in [2.24, 2.45) is 5.92 Å². The second kappa shape index (κ2) is 9.17. The topological polar surface area (TPSA) is 62.8 Å². The van der Waals surface area contributed by atoms with Crippen LogP contribution >= 0.6 is 0 Å². The van der Waals surface area contributed by atoms with E-state index in [2.05, 4.69) is 27.7 Å². The molecule has 6 nitrogen and oxygen atoms in total. The lowest BCUT2D eigenvalue weighted by Gasteiger charge is -2.35. The third-order valence-electron chi connectivity index (χ3n) is 5.12. The van der Waals surface area contributed by atoms with Gasteiger partial charge in [0.2, 0.25) is 5.91 Å². The molecule has 2 unspecified atom stereocenters. The van der Waals surface area contributed by atoms with E-state index in [9.17, 15) is 4.79 Å². The second-order valence-corrected chi connectivity index (χ2v) is 6.73. The number of rotatable bonds is 6. The van der Waals surface area contributed by atoms with Crippen molar-refractivity contribution in [1.29, 1.82) is 0 Å². The quantitative estimate of drug-likeness (QED) is 0.809. The van der Waals surface area contributed by atoms with Crippen LogP contribution in [0.4, 0.5) is 0 Å². The van der Waals surface area contributed by atoms with Gasteiger partial charge in [0.1, 0.15) is 5.75 Å². The molecular weight excluding hydrogens is 318 g/mol. The van der Waals surface area contributed by atoms with Gasteiger partial charge in [0.25, 0.3) is 0 Å². The summed E-state index contributed by atoms with van der Waals surface area (Å²) in [5.41, 5.74) is 1.20. The molecule has 2 saturated heterocycles. The number of hydrogen-bond donors (Lipinski definition) is 2. The molecule has 2 N–H and O–H groups in total. The lowest BCUT2D eigenvalue weighted by atomic mass is 9.98. The summed E-state index contributed by atoms with van der Waals surface area (Å²) in [4.78, 5) is 14.9. The first-order chi connectivity index (χ1) is 12.3. The first-order valence-corrected chi connectivity index (χ1v) is 9.22. The Morgan fingerprint density at radius 1 is 1.36 bits per heavy atom. The van der Waals surface area contributed by atoms with Gasteiger partial charge in [0.15, 0.2) is 0 Å². The van der Waals surface area contributed by atoms with Crippen LogP contribution in [-0.4, -0.2) is 63.9 Å². The van der Waals surface area contributed by atoms with Crippen LogP contribution in [0.5, 0.6) is 5.75 Å². The van der Waals surface area contributed by atoms with E-state index >= 15 is 0 Å². The van der Waals surface area contributed by atoms with Crippen LogP contribution in [0.15, 0.2) is 24.3 Å². The van der Waals surface area contributed by atoms with Crippen molar-refractivity contribution in [2.45, 2.75) is 18.9 Å². The van der Waals surface area contributed by atoms with E-state index in [0.29, 0.717) is 6.54 Å². The number of morpholine rings is 1. The Bertz CT molecular complexity index is 537. The van der Waals surface area contributed by atoms with Crippen molar-refractivity contribution in [3.8, 4) is 5.75 Å². The molecule has 25 heavy (non-hydrogen) atoms. The Morgan fingerprint density at radius 3 is 2.76 bits per heavy atom. The third kappa shape index (κ3) is 4.93. The minimum atomic E-state index is 0.0926. The van der Waals surface area contributed by atoms with E-state index in [4.69, 9.17) is 9.47 Å². The molecule has 0 aliphatic carbocycles. The molecule has 2 atom stereocenters. The fourth-order valence-electron chi connectivity index (χ4n) is 3.59. The zero-order valence-electron chi connectivity index (χ0n) is 15.0. The second-order valence-electron chi connectivity index (χ2n) is 6.73. The van der Waals surface area contributed by atoms with Gasteiger partial charge >= 0.3 is 0 Å². The normalized spacial score (nSPS) is 23.0. The van der Waals surface area contributed by atoms with Gasteiger partial charge < -0.3 is 20.1 Å². The summed E-state index contributed by atoms with van der Waals surface area (Å²) in [7, 11) is 1.67. The Labute approximate surface area is 149 Å². The number of nitrogens with zero attached hydrogens (tertiary/aromatic N) is 1. The van der Waals surface area contributed by atoms with Crippen LogP contribution in [0.1, 0.15) is 24.4 Å². The average molecular weight is 347 g/mol. The Morgan fingerprint density at radius 2 is 2.12 bits per heavy atom. The van der Waals surface area contributed by atoms with Crippen LogP contribution < -0.4 is 15.4 Å². The number of hydrogen-bond acceptors (Lipinski definition) is 5. The lowest BCUT2D eigenvalue weighted by molar-refractivity contribution is -0.125. The molecular formula is C19H29N3O3. The van der Waals surface area contributed by atoms with Crippen molar-refractivity contribution < 1.29 is 14.3 Å². The Kier molecular flexibility index (Phi) is 6.67. The molecule has 3 rings (SSSR count). The van der Waals surface area contributed by atoms with Gasteiger partial charge in [-0.15, -0.1) is 0 Å². The van der Waals surface area contributed by atoms with Crippen molar-refractivity contribution in [2.75, 3.05) is 53.0 Å². The van der Waals surface area contributed by atoms with Crippen LogP contribution in [0.3, 0.4) is 0 Å². The summed E-state index contributed by atoms with van der Waals surface area (Å²) in [6, 6.07) is 8.31. The number of methoxy groups -OCH3 is 1. The molecule has 1 aromatic carbocycles. The van der Waals surface area contributed by atoms with Crippen LogP contribution in [0.25, 0.3) is 0 Å². The predicted molar refractivity (Wildman–Crippen MR) is 96.7 cm³/mol. The highest BCUT2D eigenvalue weighted by atomic mass is 16.5. The zero-order chi connectivity index (χ0) is 17.5. The highest BCUT2D eigenvalue weighted by Crippen LogP contribution is 2.24. The predicted octanol–water partition coefficient (Wildman–Crippen LogP) is 1.18. The number of carbonyl (C=O) groups is 1. The first-order valence-electron chi connectivity index (χ1n) is 9.22. The van der Waals surface area contributed by atoms with Gasteiger partial charge in [0, 0.05) is 26.2 Å². The van der Waals surface area contributed by atoms with Crippen molar-refractivity contribution in [3.05, 3.63) is 29.8 Å². The standard InChI is InChI=1S/C19H29N3O3/c1-24-17-6-4-15(5-7-17)18(22-9-11-25-12-10-22)14-21-19(23)16-3-2-8-20-13-16/h4-7,16,18,20H,2-3,8-14H2,1H3,(H,21,23). The number of nitrogens with one attached hydrogen (secondary N) is 2. The van der Waals surface area contributed by atoms with E-state index in [0.717, 1.165) is 58.0 Å². The monoisotopic (exact) mass is 347 g/mol. The molecule has 2 heterocycles. The molecule has 0 aromatic heterocycles. The number of amides is 1. The van der Waals surface area contributed by atoms with Crippen LogP contribution in [-0.2, 0) is 9.53 Å². The van der Waals surface area contributed by atoms with Crippen LogP contribution in [0, 0.1) is 5.92 Å². The molecule has 6 heteroatoms. The van der Waals surface area contributed by atoms with Crippen molar-refractivity contribution >= 4 is 5.91 Å². The number of carbonyl (C=O) groups excluding carboxylic acids is 1. The molecule has 1 amide bonds. The highest BCUT2D eigenvalue weighted by Gasteiger charge is 2.26. The summed E-state index contributed by atoms with van der Waals surface area (Å²) in [6.45, 7) is 5.69. The molecule has 1 aromatic rings. The molecule has 138 valence electrons. The summed E-state index contributed by atoms with van der Waals surface area (Å²) < 4.78 is 10.7. The van der Waals surface area contributed by atoms with E-state index in [-0.39, 0.29) is 17.9 Å². The summed E-state index contributed by atoms with van der Waals surface area (Å²) >= 11 is 0. The molecule has 2 aliphatic heterocycles. The Hall–Kier alpha value is -1.63. The van der Waals surface area contributed by atoms with Crippen molar-refractivity contribution in [1.82, 2.24) is 15.5 Å². The fraction of sp³-hybridized carbons (Fsp3) is 0.632. The largest absolute Gasteiger partial charge is 0.497 e. The highest BCUT2D eigenvalue weighted by molar-refractivity contribution is 5.79. The summed E-state index contributed by atoms with van der Waals surface area (Å²) in [5.74, 6) is 1.11. The van der Waals surface area contributed by atoms with Gasteiger partial charge in [-0.1, -0.05) is 12.1 Å². The molecule has 0 radical (unpaired) electrons. The van der Waals surface area contributed by atoms with Gasteiger partial charge in [-0.2, -0.15) is 0 Å². The Balaban J connectivity index is 1.65. The fourth-order valence-corrected chi connectivity index (χ4v) is 3.59. The molecule has 0 saturated carbocycles. The van der Waals surface area contributed by atoms with E-state index in [1.165, 1.54) is 5.56 Å². The number of benzene rings is 1. The molecule has 2 fully saturated rings. The molecule has 2 aliphatic rings. The average Bonchev–Trinajstić information content (AvgIpc) is 2.70. The minimum absolute atomic E-state index is 0.0926.